The van der Waals surface area contributed by atoms with Crippen LogP contribution in [0.25, 0.3) is 0 Å². The van der Waals surface area contributed by atoms with E-state index in [1.165, 1.54) is 4.90 Å². The van der Waals surface area contributed by atoms with Crippen molar-refractivity contribution in [1.29, 1.82) is 0 Å². The van der Waals surface area contributed by atoms with Crippen LogP contribution in [0.2, 0.25) is 0 Å². The molecule has 0 saturated carbocycles. The fraction of sp³-hybridized carbons (Fsp3) is 0.267. The van der Waals surface area contributed by atoms with E-state index in [0.29, 0.717) is 22.7 Å². The Morgan fingerprint density at radius 3 is 2.77 bits per heavy atom. The normalized spacial score (nSPS) is 13.3. The molecule has 0 bridgehead atoms. The van der Waals surface area contributed by atoms with E-state index in [1.54, 1.807) is 24.3 Å². The van der Waals surface area contributed by atoms with Gasteiger partial charge < -0.3 is 15.5 Å². The number of benzene rings is 1. The van der Waals surface area contributed by atoms with Crippen LogP contribution in [0, 0.1) is 0 Å². The van der Waals surface area contributed by atoms with E-state index in [-0.39, 0.29) is 30.4 Å². The zero-order chi connectivity index (χ0) is 18.7. The lowest BCUT2D eigenvalue weighted by atomic mass is 10.1. The van der Waals surface area contributed by atoms with Gasteiger partial charge in [-0.1, -0.05) is 23.5 Å². The Labute approximate surface area is 150 Å². The zero-order valence-electron chi connectivity index (χ0n) is 13.2. The third kappa shape index (κ3) is 3.99. The Kier molecular flexibility index (Phi) is 5.16. The van der Waals surface area contributed by atoms with E-state index in [1.807, 2.05) is 0 Å². The predicted octanol–water partition coefficient (Wildman–Crippen LogP) is 2.18. The number of rotatable bonds is 5. The highest BCUT2D eigenvalue weighted by Gasteiger charge is 2.26. The van der Waals surface area contributed by atoms with Gasteiger partial charge in [-0.25, -0.2) is 8.78 Å². The number of amides is 3. The average molecular weight is 381 g/mol. The maximum atomic E-state index is 12.4. The molecule has 1 aromatic heterocycles. The van der Waals surface area contributed by atoms with Crippen molar-refractivity contribution in [3.63, 3.8) is 0 Å². The molecule has 3 amide bonds. The number of nitrogens with zero attached hydrogens (tertiary/aromatic N) is 3. The summed E-state index contributed by atoms with van der Waals surface area (Å²) in [7, 11) is 0. The molecule has 26 heavy (non-hydrogen) atoms. The first kappa shape index (κ1) is 17.9. The van der Waals surface area contributed by atoms with Crippen molar-refractivity contribution in [3.8, 4) is 0 Å². The second-order valence-corrected chi connectivity index (χ2v) is 6.35. The molecule has 0 aliphatic carbocycles. The van der Waals surface area contributed by atoms with E-state index in [0.717, 1.165) is 0 Å². The predicted molar refractivity (Wildman–Crippen MR) is 90.2 cm³/mol. The lowest BCUT2D eigenvalue weighted by molar-refractivity contribution is -0.124. The first-order valence-corrected chi connectivity index (χ1v) is 8.36. The number of carbonyl (C=O) groups excluding carboxylic acids is 3. The van der Waals surface area contributed by atoms with Crippen LogP contribution in [0.3, 0.4) is 0 Å². The van der Waals surface area contributed by atoms with Gasteiger partial charge in [-0.15, -0.1) is 10.2 Å². The molecule has 3 rings (SSSR count). The first-order chi connectivity index (χ1) is 12.4. The Balaban J connectivity index is 1.58. The van der Waals surface area contributed by atoms with Crippen LogP contribution >= 0.6 is 11.3 Å². The van der Waals surface area contributed by atoms with Gasteiger partial charge in [-0.2, -0.15) is 0 Å². The van der Waals surface area contributed by atoms with E-state index in [2.05, 4.69) is 20.8 Å². The monoisotopic (exact) mass is 381 g/mol. The van der Waals surface area contributed by atoms with Crippen molar-refractivity contribution >= 4 is 45.6 Å². The van der Waals surface area contributed by atoms with Gasteiger partial charge >= 0.3 is 0 Å². The fourth-order valence-corrected chi connectivity index (χ4v) is 2.98. The molecule has 8 nitrogen and oxygen atoms in total. The highest BCUT2D eigenvalue weighted by atomic mass is 32.1. The summed E-state index contributed by atoms with van der Waals surface area (Å²) in [6, 6.07) is 6.84. The largest absolute Gasteiger partial charge is 0.323 e. The summed E-state index contributed by atoms with van der Waals surface area (Å²) in [6.45, 7) is -0.133. The van der Waals surface area contributed by atoms with Crippen molar-refractivity contribution in [3.05, 3.63) is 29.3 Å². The van der Waals surface area contributed by atoms with E-state index < -0.39 is 23.2 Å². The van der Waals surface area contributed by atoms with E-state index >= 15 is 0 Å². The molecule has 0 saturated heterocycles. The number of hydrogen-bond acceptors (Lipinski definition) is 6. The number of anilines is 3. The Hall–Kier alpha value is -2.95. The van der Waals surface area contributed by atoms with Gasteiger partial charge in [0.1, 0.15) is 6.54 Å². The van der Waals surface area contributed by atoms with Gasteiger partial charge in [0.15, 0.2) is 5.01 Å². The Morgan fingerprint density at radius 1 is 1.27 bits per heavy atom. The van der Waals surface area contributed by atoms with Crippen LogP contribution in [-0.2, 0) is 14.4 Å². The minimum absolute atomic E-state index is 0.0551. The Morgan fingerprint density at radius 2 is 2.04 bits per heavy atom. The molecule has 0 spiro atoms. The lowest BCUT2D eigenvalue weighted by Crippen LogP contribution is -2.42. The molecule has 0 unspecified atom stereocenters. The highest BCUT2D eigenvalue weighted by molar-refractivity contribution is 7.15. The second kappa shape index (κ2) is 7.52. The van der Waals surface area contributed by atoms with Crippen LogP contribution in [0.1, 0.15) is 24.3 Å². The van der Waals surface area contributed by atoms with Crippen LogP contribution in [0.4, 0.5) is 25.3 Å². The van der Waals surface area contributed by atoms with Gasteiger partial charge in [-0.3, -0.25) is 14.4 Å². The Bertz CT molecular complexity index is 857. The summed E-state index contributed by atoms with van der Waals surface area (Å²) in [5, 5.41) is 11.1. The third-order valence-corrected chi connectivity index (χ3v) is 4.36. The number of fused-ring (bicyclic) bond motifs is 1. The highest BCUT2D eigenvalue weighted by Crippen LogP contribution is 2.29. The summed E-state index contributed by atoms with van der Waals surface area (Å²) >= 11 is 0.570. The van der Waals surface area contributed by atoms with E-state index in [9.17, 15) is 23.2 Å². The molecular weight excluding hydrogens is 368 g/mol. The molecule has 0 atom stereocenters. The number of carbonyl (C=O) groups is 3. The quantitative estimate of drug-likeness (QED) is 0.826. The standard InChI is InChI=1S/C15H13F2N5O3S/c16-13(17)14-20-21-15(26-14)19-10(23)5-6-12(25)22-7-11(24)18-8-3-1-2-4-9(8)22/h1-4,13H,5-7H2,(H,18,24)(H,19,21,23). The van der Waals surface area contributed by atoms with Crippen LogP contribution in [0.15, 0.2) is 24.3 Å². The topological polar surface area (TPSA) is 104 Å². The van der Waals surface area contributed by atoms with Crippen molar-refractivity contribution in [1.82, 2.24) is 10.2 Å². The van der Waals surface area contributed by atoms with E-state index in [4.69, 9.17) is 0 Å². The molecule has 11 heteroatoms. The smallest absolute Gasteiger partial charge is 0.291 e. The molecular formula is C15H13F2N5O3S. The summed E-state index contributed by atoms with van der Waals surface area (Å²) in [4.78, 5) is 37.3. The van der Waals surface area contributed by atoms with Crippen molar-refractivity contribution < 1.29 is 23.2 Å². The van der Waals surface area contributed by atoms with Gasteiger partial charge in [0.05, 0.1) is 11.4 Å². The molecule has 2 heterocycles. The van der Waals surface area contributed by atoms with Crippen LogP contribution in [0.5, 0.6) is 0 Å². The van der Waals surface area contributed by atoms with Crippen LogP contribution < -0.4 is 15.5 Å². The molecule has 2 N–H and O–H groups in total. The van der Waals surface area contributed by atoms with Crippen molar-refractivity contribution in [2.45, 2.75) is 19.3 Å². The molecule has 0 fully saturated rings. The fourth-order valence-electron chi connectivity index (χ4n) is 2.37. The maximum Gasteiger partial charge on any atom is 0.291 e. The number of para-hydroxylation sites is 2. The number of nitrogens with one attached hydrogen (secondary N) is 2. The number of alkyl halides is 2. The summed E-state index contributed by atoms with van der Waals surface area (Å²) < 4.78 is 24.9. The van der Waals surface area contributed by atoms with Crippen LogP contribution in [-0.4, -0.2) is 34.5 Å². The first-order valence-electron chi connectivity index (χ1n) is 7.54. The number of hydrogen-bond donors (Lipinski definition) is 2. The number of aromatic nitrogens is 2. The maximum absolute atomic E-state index is 12.4. The molecule has 1 aliphatic heterocycles. The molecule has 136 valence electrons. The number of halogens is 2. The zero-order valence-corrected chi connectivity index (χ0v) is 14.1. The molecule has 1 aromatic carbocycles. The molecule has 0 radical (unpaired) electrons. The van der Waals surface area contributed by atoms with Gasteiger partial charge in [0, 0.05) is 12.8 Å². The van der Waals surface area contributed by atoms with Crippen molar-refractivity contribution in [2.75, 3.05) is 22.1 Å². The summed E-state index contributed by atoms with van der Waals surface area (Å²) in [5.41, 5.74) is 1.08. The van der Waals surface area contributed by atoms with Gasteiger partial charge in [0.25, 0.3) is 6.43 Å². The third-order valence-electron chi connectivity index (χ3n) is 3.51. The molecule has 2 aromatic rings. The minimum Gasteiger partial charge on any atom is -0.323 e. The minimum atomic E-state index is -2.76. The van der Waals surface area contributed by atoms with Crippen molar-refractivity contribution in [2.24, 2.45) is 0 Å². The lowest BCUT2D eigenvalue weighted by Gasteiger charge is -2.29. The summed E-state index contributed by atoms with van der Waals surface area (Å²) in [6.07, 6.45) is -3.08. The average Bonchev–Trinajstić information content (AvgIpc) is 3.07. The molecule has 1 aliphatic rings. The SMILES string of the molecule is O=C(CCC(=O)N1CC(=O)Nc2ccccc21)Nc1nnc(C(F)F)s1. The summed E-state index contributed by atoms with van der Waals surface area (Å²) in [5.74, 6) is -1.27. The van der Waals surface area contributed by atoms with Gasteiger partial charge in [-0.05, 0) is 12.1 Å². The van der Waals surface area contributed by atoms with Gasteiger partial charge in [0.2, 0.25) is 22.9 Å². The second-order valence-electron chi connectivity index (χ2n) is 5.34.